The summed E-state index contributed by atoms with van der Waals surface area (Å²) < 4.78 is 0. The minimum absolute atomic E-state index is 0.771. The lowest BCUT2D eigenvalue weighted by atomic mass is 10.0. The Morgan fingerprint density at radius 3 is 2.59 bits per heavy atom. The van der Waals surface area contributed by atoms with Gasteiger partial charge in [0.15, 0.2) is 0 Å². The SMILES string of the molecule is CCN(C)C=Nc1cc(C)c(Cc2nc(-c3ccc(N)cc3)cs2)cc1C. The zero-order valence-corrected chi connectivity index (χ0v) is 17.2. The van der Waals surface area contributed by atoms with E-state index in [0.29, 0.717) is 0 Å². The van der Waals surface area contributed by atoms with Crippen molar-refractivity contribution in [2.75, 3.05) is 19.3 Å². The summed E-state index contributed by atoms with van der Waals surface area (Å²) in [4.78, 5) is 11.5. The van der Waals surface area contributed by atoms with Crippen LogP contribution in [0, 0.1) is 13.8 Å². The number of aliphatic imine (C=N–C) groups is 1. The molecule has 0 unspecified atom stereocenters. The molecule has 3 rings (SSSR count). The lowest BCUT2D eigenvalue weighted by Crippen LogP contribution is -2.14. The molecule has 0 saturated carbocycles. The molecule has 2 N–H and O–H groups in total. The summed E-state index contributed by atoms with van der Waals surface area (Å²) in [6, 6.07) is 12.3. The molecule has 0 aliphatic heterocycles. The normalized spacial score (nSPS) is 11.3. The molecule has 2 aromatic carbocycles. The summed E-state index contributed by atoms with van der Waals surface area (Å²) in [5, 5.41) is 3.23. The van der Waals surface area contributed by atoms with E-state index in [0.717, 1.165) is 40.6 Å². The topological polar surface area (TPSA) is 54.5 Å². The first-order valence-corrected chi connectivity index (χ1v) is 9.99. The van der Waals surface area contributed by atoms with E-state index in [1.54, 1.807) is 11.3 Å². The zero-order valence-electron chi connectivity index (χ0n) is 16.4. The fourth-order valence-corrected chi connectivity index (χ4v) is 3.60. The van der Waals surface area contributed by atoms with Crippen molar-refractivity contribution in [1.29, 1.82) is 0 Å². The third kappa shape index (κ3) is 4.74. The molecular weight excluding hydrogens is 352 g/mol. The fourth-order valence-electron chi connectivity index (χ4n) is 2.77. The number of nitrogens with zero attached hydrogens (tertiary/aromatic N) is 3. The average Bonchev–Trinajstić information content (AvgIpc) is 3.12. The van der Waals surface area contributed by atoms with Crippen LogP contribution in [0.25, 0.3) is 11.3 Å². The minimum atomic E-state index is 0.771. The van der Waals surface area contributed by atoms with Crippen LogP contribution in [0.1, 0.15) is 28.6 Å². The first-order chi connectivity index (χ1) is 13.0. The summed E-state index contributed by atoms with van der Waals surface area (Å²) in [5.41, 5.74) is 13.4. The Balaban J connectivity index is 1.79. The molecule has 0 aliphatic rings. The fraction of sp³-hybridized carbons (Fsp3) is 0.273. The lowest BCUT2D eigenvalue weighted by molar-refractivity contribution is 0.552. The summed E-state index contributed by atoms with van der Waals surface area (Å²) >= 11 is 1.70. The number of benzene rings is 2. The van der Waals surface area contributed by atoms with Crippen molar-refractivity contribution in [3.63, 3.8) is 0 Å². The highest BCUT2D eigenvalue weighted by Crippen LogP contribution is 2.28. The zero-order chi connectivity index (χ0) is 19.4. The Morgan fingerprint density at radius 1 is 1.15 bits per heavy atom. The van der Waals surface area contributed by atoms with Crippen molar-refractivity contribution in [3.8, 4) is 11.3 Å². The number of nitrogens with two attached hydrogens (primary N) is 1. The second-order valence-electron chi connectivity index (χ2n) is 6.81. The maximum absolute atomic E-state index is 5.77. The van der Waals surface area contributed by atoms with Gasteiger partial charge in [-0.25, -0.2) is 9.98 Å². The average molecular weight is 379 g/mol. The van der Waals surface area contributed by atoms with Crippen LogP contribution < -0.4 is 5.73 Å². The second-order valence-corrected chi connectivity index (χ2v) is 7.75. The predicted octanol–water partition coefficient (Wildman–Crippen LogP) is 5.21. The standard InChI is InChI=1S/C22H26N4S/c1-5-26(4)14-24-20-11-15(2)18(10-16(20)3)12-22-25-21(13-27-22)17-6-8-19(23)9-7-17/h6-11,13-14H,5,12,23H2,1-4H3. The van der Waals surface area contributed by atoms with Gasteiger partial charge in [-0.2, -0.15) is 0 Å². The Morgan fingerprint density at radius 2 is 1.89 bits per heavy atom. The molecule has 5 heteroatoms. The monoisotopic (exact) mass is 378 g/mol. The molecule has 140 valence electrons. The van der Waals surface area contributed by atoms with Gasteiger partial charge in [-0.05, 0) is 55.7 Å². The number of nitrogen functional groups attached to an aromatic ring is 1. The quantitative estimate of drug-likeness (QED) is 0.364. The third-order valence-corrected chi connectivity index (χ3v) is 5.50. The van der Waals surface area contributed by atoms with Crippen LogP contribution in [0.4, 0.5) is 11.4 Å². The van der Waals surface area contributed by atoms with E-state index in [4.69, 9.17) is 10.7 Å². The van der Waals surface area contributed by atoms with Crippen molar-refractivity contribution in [1.82, 2.24) is 9.88 Å². The summed E-state index contributed by atoms with van der Waals surface area (Å²) in [6.07, 6.45) is 2.73. The number of aryl methyl sites for hydroxylation is 2. The molecule has 0 saturated heterocycles. The molecule has 0 fully saturated rings. The molecule has 0 aliphatic carbocycles. The molecular formula is C22H26N4S. The molecule has 1 aromatic heterocycles. The summed E-state index contributed by atoms with van der Waals surface area (Å²) in [5.74, 6) is 0. The molecule has 0 bridgehead atoms. The highest BCUT2D eigenvalue weighted by atomic mass is 32.1. The number of hydrogen-bond acceptors (Lipinski definition) is 4. The van der Waals surface area contributed by atoms with Crippen LogP contribution >= 0.6 is 11.3 Å². The van der Waals surface area contributed by atoms with Gasteiger partial charge in [0, 0.05) is 36.6 Å². The van der Waals surface area contributed by atoms with E-state index >= 15 is 0 Å². The Labute approximate surface area is 165 Å². The van der Waals surface area contributed by atoms with Gasteiger partial charge in [-0.3, -0.25) is 0 Å². The third-order valence-electron chi connectivity index (χ3n) is 4.65. The molecule has 3 aromatic rings. The highest BCUT2D eigenvalue weighted by Gasteiger charge is 2.09. The summed E-state index contributed by atoms with van der Waals surface area (Å²) in [7, 11) is 2.03. The molecule has 0 radical (unpaired) electrons. The number of rotatable bonds is 6. The van der Waals surface area contributed by atoms with Crippen LogP contribution in [0.3, 0.4) is 0 Å². The van der Waals surface area contributed by atoms with Gasteiger partial charge in [-0.1, -0.05) is 18.2 Å². The van der Waals surface area contributed by atoms with E-state index < -0.39 is 0 Å². The molecule has 0 amide bonds. The van der Waals surface area contributed by atoms with Crippen LogP contribution in [-0.4, -0.2) is 29.8 Å². The molecule has 0 atom stereocenters. The van der Waals surface area contributed by atoms with Gasteiger partial charge in [0.25, 0.3) is 0 Å². The minimum Gasteiger partial charge on any atom is -0.399 e. The van der Waals surface area contributed by atoms with Gasteiger partial charge in [0.1, 0.15) is 0 Å². The van der Waals surface area contributed by atoms with Crippen molar-refractivity contribution in [3.05, 3.63) is 63.5 Å². The number of anilines is 1. The van der Waals surface area contributed by atoms with E-state index in [2.05, 4.69) is 48.2 Å². The van der Waals surface area contributed by atoms with Crippen molar-refractivity contribution in [2.24, 2.45) is 4.99 Å². The first-order valence-electron chi connectivity index (χ1n) is 9.11. The lowest BCUT2D eigenvalue weighted by Gasteiger charge is -2.11. The largest absolute Gasteiger partial charge is 0.399 e. The van der Waals surface area contributed by atoms with E-state index in [1.165, 1.54) is 16.7 Å². The Hall–Kier alpha value is -2.66. The van der Waals surface area contributed by atoms with Gasteiger partial charge < -0.3 is 10.6 Å². The highest BCUT2D eigenvalue weighted by molar-refractivity contribution is 7.10. The van der Waals surface area contributed by atoms with Crippen LogP contribution in [0.5, 0.6) is 0 Å². The number of aromatic nitrogens is 1. The van der Waals surface area contributed by atoms with Gasteiger partial charge in [0.2, 0.25) is 0 Å². The molecule has 1 heterocycles. The molecule has 4 nitrogen and oxygen atoms in total. The first kappa shape index (κ1) is 19.1. The van der Waals surface area contributed by atoms with Crippen molar-refractivity contribution < 1.29 is 0 Å². The molecule has 27 heavy (non-hydrogen) atoms. The van der Waals surface area contributed by atoms with Gasteiger partial charge >= 0.3 is 0 Å². The van der Waals surface area contributed by atoms with Crippen molar-refractivity contribution >= 4 is 29.1 Å². The Bertz CT molecular complexity index is 941. The van der Waals surface area contributed by atoms with E-state index in [9.17, 15) is 0 Å². The van der Waals surface area contributed by atoms with Crippen LogP contribution in [0.15, 0.2) is 46.8 Å². The smallest absolute Gasteiger partial charge is 0.0976 e. The summed E-state index contributed by atoms with van der Waals surface area (Å²) in [6.45, 7) is 7.31. The second kappa shape index (κ2) is 8.35. The van der Waals surface area contributed by atoms with Gasteiger partial charge in [0.05, 0.1) is 22.7 Å². The predicted molar refractivity (Wildman–Crippen MR) is 117 cm³/mol. The number of thiazole rings is 1. The van der Waals surface area contributed by atoms with Gasteiger partial charge in [-0.15, -0.1) is 11.3 Å². The van der Waals surface area contributed by atoms with Crippen molar-refractivity contribution in [2.45, 2.75) is 27.2 Å². The maximum Gasteiger partial charge on any atom is 0.0976 e. The van der Waals surface area contributed by atoms with Crippen LogP contribution in [-0.2, 0) is 6.42 Å². The van der Waals surface area contributed by atoms with E-state index in [1.807, 2.05) is 37.7 Å². The Kier molecular flexibility index (Phi) is 5.91. The molecule has 0 spiro atoms. The van der Waals surface area contributed by atoms with E-state index in [-0.39, 0.29) is 0 Å². The van der Waals surface area contributed by atoms with Crippen LogP contribution in [0.2, 0.25) is 0 Å². The number of hydrogen-bond donors (Lipinski definition) is 1. The maximum atomic E-state index is 5.77.